The van der Waals surface area contributed by atoms with Gasteiger partial charge in [-0.15, -0.1) is 11.3 Å². The highest BCUT2D eigenvalue weighted by molar-refractivity contribution is 7.09. The van der Waals surface area contributed by atoms with Gasteiger partial charge >= 0.3 is 6.18 Å². The highest BCUT2D eigenvalue weighted by atomic mass is 32.1. The number of nitrogens with zero attached hydrogens (tertiary/aromatic N) is 2. The molecule has 1 heterocycles. The van der Waals surface area contributed by atoms with Crippen LogP contribution in [-0.2, 0) is 6.42 Å². The van der Waals surface area contributed by atoms with Crippen LogP contribution in [0.3, 0.4) is 0 Å². The number of aryl methyl sites for hydroxylation is 1. The van der Waals surface area contributed by atoms with Gasteiger partial charge in [0.25, 0.3) is 0 Å². The van der Waals surface area contributed by atoms with E-state index in [2.05, 4.69) is 10.3 Å². The summed E-state index contributed by atoms with van der Waals surface area (Å²) in [5.74, 6) is -1.94. The Hall–Kier alpha value is -1.13. The molecule has 0 spiro atoms. The Morgan fingerprint density at radius 2 is 2.29 bits per heavy atom. The quantitative estimate of drug-likeness (QED) is 0.829. The van der Waals surface area contributed by atoms with Gasteiger partial charge < -0.3 is 5.32 Å². The van der Waals surface area contributed by atoms with Gasteiger partial charge in [-0.05, 0) is 6.92 Å². The summed E-state index contributed by atoms with van der Waals surface area (Å²) in [7, 11) is 0. The molecule has 1 aromatic rings. The molecular formula is C10H12F3N3S. The second-order valence-electron chi connectivity index (χ2n) is 3.54. The maximum absolute atomic E-state index is 12.2. The van der Waals surface area contributed by atoms with Gasteiger partial charge in [0.05, 0.1) is 16.8 Å². The van der Waals surface area contributed by atoms with Gasteiger partial charge in [-0.25, -0.2) is 4.98 Å². The van der Waals surface area contributed by atoms with Crippen LogP contribution in [0, 0.1) is 24.2 Å². The molecular weight excluding hydrogens is 251 g/mol. The van der Waals surface area contributed by atoms with Crippen molar-refractivity contribution >= 4 is 11.3 Å². The Morgan fingerprint density at radius 1 is 1.59 bits per heavy atom. The average molecular weight is 263 g/mol. The van der Waals surface area contributed by atoms with E-state index in [1.807, 2.05) is 12.3 Å². The number of nitrogens with one attached hydrogen (secondary N) is 1. The maximum atomic E-state index is 12.2. The molecule has 1 unspecified atom stereocenters. The molecule has 0 radical (unpaired) electrons. The van der Waals surface area contributed by atoms with Gasteiger partial charge in [-0.3, -0.25) is 0 Å². The van der Waals surface area contributed by atoms with Crippen LogP contribution in [-0.4, -0.2) is 24.2 Å². The Balaban J connectivity index is 2.26. The van der Waals surface area contributed by atoms with Crippen LogP contribution in [0.25, 0.3) is 0 Å². The van der Waals surface area contributed by atoms with Crippen molar-refractivity contribution in [3.05, 3.63) is 16.1 Å². The summed E-state index contributed by atoms with van der Waals surface area (Å²) in [6, 6.07) is 1.24. The fourth-order valence-corrected chi connectivity index (χ4v) is 1.87. The maximum Gasteiger partial charge on any atom is 0.405 e. The van der Waals surface area contributed by atoms with Crippen molar-refractivity contribution in [3.63, 3.8) is 0 Å². The van der Waals surface area contributed by atoms with Crippen molar-refractivity contribution in [2.45, 2.75) is 19.5 Å². The van der Waals surface area contributed by atoms with Crippen molar-refractivity contribution in [2.75, 3.05) is 13.1 Å². The third-order valence-corrected chi connectivity index (χ3v) is 2.95. The Kier molecular flexibility index (Phi) is 4.90. The smallest absolute Gasteiger partial charge is 0.315 e. The van der Waals surface area contributed by atoms with Crippen LogP contribution in [0.1, 0.15) is 10.7 Å². The van der Waals surface area contributed by atoms with Crippen LogP contribution in [0.4, 0.5) is 13.2 Å². The van der Waals surface area contributed by atoms with E-state index < -0.39 is 12.1 Å². The van der Waals surface area contributed by atoms with Crippen molar-refractivity contribution in [1.82, 2.24) is 10.3 Å². The second kappa shape index (κ2) is 5.98. The lowest BCUT2D eigenvalue weighted by atomic mass is 10.1. The molecule has 1 rings (SSSR count). The first-order valence-electron chi connectivity index (χ1n) is 5.01. The Labute approximate surface area is 101 Å². The molecule has 0 saturated heterocycles. The summed E-state index contributed by atoms with van der Waals surface area (Å²) < 4.78 is 36.6. The highest BCUT2D eigenvalue weighted by Crippen LogP contribution is 2.24. The van der Waals surface area contributed by atoms with Gasteiger partial charge in [0.2, 0.25) is 0 Å². The van der Waals surface area contributed by atoms with Crippen molar-refractivity contribution in [2.24, 2.45) is 5.92 Å². The SMILES string of the molecule is Cc1nc(CCNCC(C#N)C(F)(F)F)cs1. The largest absolute Gasteiger partial charge is 0.405 e. The molecule has 0 aliphatic heterocycles. The number of halogens is 3. The van der Waals surface area contributed by atoms with E-state index in [9.17, 15) is 13.2 Å². The van der Waals surface area contributed by atoms with Crippen LogP contribution in [0.15, 0.2) is 5.38 Å². The van der Waals surface area contributed by atoms with E-state index in [0.29, 0.717) is 13.0 Å². The summed E-state index contributed by atoms with van der Waals surface area (Å²) >= 11 is 1.51. The molecule has 94 valence electrons. The molecule has 0 bridgehead atoms. The van der Waals surface area contributed by atoms with Crippen LogP contribution in [0.5, 0.6) is 0 Å². The standard InChI is InChI=1S/C10H12F3N3S/c1-7-16-9(6-17-7)2-3-15-5-8(4-14)10(11,12)13/h6,8,15H,2-3,5H2,1H3. The number of nitriles is 1. The molecule has 0 saturated carbocycles. The first-order chi connectivity index (χ1) is 7.93. The van der Waals surface area contributed by atoms with E-state index in [1.54, 1.807) is 0 Å². The van der Waals surface area contributed by atoms with E-state index in [1.165, 1.54) is 17.4 Å². The third kappa shape index (κ3) is 4.71. The lowest BCUT2D eigenvalue weighted by molar-refractivity contribution is -0.157. The number of rotatable bonds is 5. The molecule has 0 amide bonds. The zero-order valence-electron chi connectivity index (χ0n) is 9.21. The molecule has 0 aliphatic rings. The Bertz CT molecular complexity index is 394. The Morgan fingerprint density at radius 3 is 2.76 bits per heavy atom. The molecule has 17 heavy (non-hydrogen) atoms. The van der Waals surface area contributed by atoms with Gasteiger partial charge in [-0.2, -0.15) is 18.4 Å². The summed E-state index contributed by atoms with van der Waals surface area (Å²) in [5, 5.41) is 13.8. The lowest BCUT2D eigenvalue weighted by Crippen LogP contribution is -2.33. The zero-order chi connectivity index (χ0) is 12.9. The summed E-state index contributed by atoms with van der Waals surface area (Å²) in [6.45, 7) is 1.89. The molecule has 0 aromatic carbocycles. The molecule has 0 fully saturated rings. The predicted molar refractivity (Wildman–Crippen MR) is 58.6 cm³/mol. The summed E-state index contributed by atoms with van der Waals surface area (Å²) in [4.78, 5) is 4.19. The minimum Gasteiger partial charge on any atom is -0.315 e. The van der Waals surface area contributed by atoms with Crippen LogP contribution in [0.2, 0.25) is 0 Å². The third-order valence-electron chi connectivity index (χ3n) is 2.12. The topological polar surface area (TPSA) is 48.7 Å². The van der Waals surface area contributed by atoms with Crippen molar-refractivity contribution in [1.29, 1.82) is 5.26 Å². The molecule has 1 aromatic heterocycles. The van der Waals surface area contributed by atoms with Gasteiger partial charge in [0.15, 0.2) is 5.92 Å². The highest BCUT2D eigenvalue weighted by Gasteiger charge is 2.39. The first kappa shape index (κ1) is 13.9. The van der Waals surface area contributed by atoms with Crippen molar-refractivity contribution < 1.29 is 13.2 Å². The zero-order valence-corrected chi connectivity index (χ0v) is 10.0. The van der Waals surface area contributed by atoms with E-state index in [0.717, 1.165) is 10.7 Å². The van der Waals surface area contributed by atoms with Crippen LogP contribution >= 0.6 is 11.3 Å². The number of hydrogen-bond acceptors (Lipinski definition) is 4. The molecule has 0 aliphatic carbocycles. The average Bonchev–Trinajstić information content (AvgIpc) is 2.62. The fraction of sp³-hybridized carbons (Fsp3) is 0.600. The summed E-state index contributed by atoms with van der Waals surface area (Å²) in [6.07, 6.45) is -3.89. The monoisotopic (exact) mass is 263 g/mol. The minimum atomic E-state index is -4.46. The summed E-state index contributed by atoms with van der Waals surface area (Å²) in [5.41, 5.74) is 0.862. The van der Waals surface area contributed by atoms with Gasteiger partial charge in [0, 0.05) is 24.9 Å². The normalized spacial score (nSPS) is 13.4. The fourth-order valence-electron chi connectivity index (χ4n) is 1.22. The lowest BCUT2D eigenvalue weighted by Gasteiger charge is -2.13. The van der Waals surface area contributed by atoms with Crippen LogP contribution < -0.4 is 5.32 Å². The second-order valence-corrected chi connectivity index (χ2v) is 4.60. The van der Waals surface area contributed by atoms with E-state index in [-0.39, 0.29) is 6.54 Å². The number of alkyl halides is 3. The minimum absolute atomic E-state index is 0.372. The van der Waals surface area contributed by atoms with Gasteiger partial charge in [0.1, 0.15) is 0 Å². The predicted octanol–water partition coefficient (Wildman–Crippen LogP) is 2.29. The van der Waals surface area contributed by atoms with E-state index >= 15 is 0 Å². The van der Waals surface area contributed by atoms with Crippen molar-refractivity contribution in [3.8, 4) is 6.07 Å². The number of aromatic nitrogens is 1. The molecule has 1 N–H and O–H groups in total. The van der Waals surface area contributed by atoms with E-state index in [4.69, 9.17) is 5.26 Å². The number of hydrogen-bond donors (Lipinski definition) is 1. The van der Waals surface area contributed by atoms with Gasteiger partial charge in [-0.1, -0.05) is 0 Å². The molecule has 3 nitrogen and oxygen atoms in total. The molecule has 1 atom stereocenters. The first-order valence-corrected chi connectivity index (χ1v) is 5.89. The molecule has 7 heteroatoms. The number of thiazole rings is 1.